The van der Waals surface area contributed by atoms with Crippen LogP contribution in [0.15, 0.2) is 0 Å². The van der Waals surface area contributed by atoms with E-state index in [4.69, 9.17) is 0 Å². The molecule has 0 amide bonds. The first-order valence-electron chi connectivity index (χ1n) is 7.15. The van der Waals surface area contributed by atoms with E-state index in [2.05, 4.69) is 19.2 Å². The van der Waals surface area contributed by atoms with E-state index in [-0.39, 0.29) is 0 Å². The minimum absolute atomic E-state index is 0.310. The lowest BCUT2D eigenvalue weighted by Crippen LogP contribution is -2.42. The average molecular weight is 276 g/mol. The predicted octanol–water partition coefficient (Wildman–Crippen LogP) is 1.68. The van der Waals surface area contributed by atoms with Gasteiger partial charge in [-0.25, -0.2) is 12.7 Å². The SMILES string of the molecule is CCC(CC)CS(=O)(=O)N1CCC(CNC)CC1. The molecule has 1 aliphatic rings. The molecule has 0 aromatic rings. The third-order valence-corrected chi connectivity index (χ3v) is 6.11. The van der Waals surface area contributed by atoms with E-state index in [0.29, 0.717) is 30.7 Å². The highest BCUT2D eigenvalue weighted by Gasteiger charge is 2.29. The smallest absolute Gasteiger partial charge is 0.214 e. The van der Waals surface area contributed by atoms with Crippen LogP contribution in [-0.4, -0.2) is 45.2 Å². The van der Waals surface area contributed by atoms with Crippen LogP contribution in [0.1, 0.15) is 39.5 Å². The molecular formula is C13H28N2O2S. The summed E-state index contributed by atoms with van der Waals surface area (Å²) in [5.74, 6) is 1.27. The van der Waals surface area contributed by atoms with E-state index in [9.17, 15) is 8.42 Å². The van der Waals surface area contributed by atoms with Gasteiger partial charge in [-0.3, -0.25) is 0 Å². The van der Waals surface area contributed by atoms with Gasteiger partial charge in [-0.2, -0.15) is 0 Å². The summed E-state index contributed by atoms with van der Waals surface area (Å²) in [6, 6.07) is 0. The molecule has 1 heterocycles. The molecule has 0 radical (unpaired) electrons. The molecule has 0 saturated carbocycles. The Hall–Kier alpha value is -0.130. The monoisotopic (exact) mass is 276 g/mol. The summed E-state index contributed by atoms with van der Waals surface area (Å²) in [6.07, 6.45) is 3.88. The lowest BCUT2D eigenvalue weighted by Gasteiger charge is -2.32. The molecule has 1 rings (SSSR count). The number of rotatable bonds is 7. The van der Waals surface area contributed by atoms with Crippen LogP contribution in [0.25, 0.3) is 0 Å². The quantitative estimate of drug-likeness (QED) is 0.770. The second-order valence-corrected chi connectivity index (χ2v) is 7.37. The topological polar surface area (TPSA) is 49.4 Å². The number of sulfonamides is 1. The molecule has 1 N–H and O–H groups in total. The van der Waals surface area contributed by atoms with Crippen LogP contribution in [0, 0.1) is 11.8 Å². The normalized spacial score (nSPS) is 19.6. The van der Waals surface area contributed by atoms with Crippen LogP contribution >= 0.6 is 0 Å². The van der Waals surface area contributed by atoms with Crippen molar-refractivity contribution in [3.8, 4) is 0 Å². The van der Waals surface area contributed by atoms with Gasteiger partial charge in [0.1, 0.15) is 0 Å². The second kappa shape index (κ2) is 7.46. The zero-order valence-electron chi connectivity index (χ0n) is 12.0. The molecule has 0 spiro atoms. The van der Waals surface area contributed by atoms with Crippen molar-refractivity contribution in [2.24, 2.45) is 11.8 Å². The van der Waals surface area contributed by atoms with Crippen molar-refractivity contribution >= 4 is 10.0 Å². The van der Waals surface area contributed by atoms with Crippen molar-refractivity contribution in [1.29, 1.82) is 0 Å². The molecule has 0 aliphatic carbocycles. The fourth-order valence-electron chi connectivity index (χ4n) is 2.61. The minimum Gasteiger partial charge on any atom is -0.319 e. The zero-order valence-corrected chi connectivity index (χ0v) is 12.8. The van der Waals surface area contributed by atoms with Crippen molar-refractivity contribution < 1.29 is 8.42 Å². The van der Waals surface area contributed by atoms with E-state index >= 15 is 0 Å². The lowest BCUT2D eigenvalue weighted by molar-refractivity contribution is 0.269. The van der Waals surface area contributed by atoms with Gasteiger partial charge in [0.05, 0.1) is 5.75 Å². The van der Waals surface area contributed by atoms with E-state index in [1.165, 1.54) is 0 Å². The average Bonchev–Trinajstić information content (AvgIpc) is 2.37. The summed E-state index contributed by atoms with van der Waals surface area (Å²) in [5, 5.41) is 3.17. The molecule has 1 aliphatic heterocycles. The summed E-state index contributed by atoms with van der Waals surface area (Å²) in [6.45, 7) is 6.55. The van der Waals surface area contributed by atoms with Crippen molar-refractivity contribution in [2.75, 3.05) is 32.4 Å². The molecule has 0 aromatic heterocycles. The standard InChI is InChI=1S/C13H28N2O2S/c1-4-12(5-2)11-18(16,17)15-8-6-13(7-9-15)10-14-3/h12-14H,4-11H2,1-3H3. The Balaban J connectivity index is 2.50. The maximum Gasteiger partial charge on any atom is 0.214 e. The van der Waals surface area contributed by atoms with Crippen LogP contribution in [0.4, 0.5) is 0 Å². The van der Waals surface area contributed by atoms with Gasteiger partial charge in [0.15, 0.2) is 0 Å². The summed E-state index contributed by atoms with van der Waals surface area (Å²) in [4.78, 5) is 0. The van der Waals surface area contributed by atoms with Crippen LogP contribution in [0.2, 0.25) is 0 Å². The third-order valence-electron chi connectivity index (χ3n) is 4.06. The first kappa shape index (κ1) is 15.9. The van der Waals surface area contributed by atoms with E-state index in [0.717, 1.165) is 32.2 Å². The molecule has 108 valence electrons. The minimum atomic E-state index is -3.03. The first-order valence-corrected chi connectivity index (χ1v) is 8.76. The summed E-state index contributed by atoms with van der Waals surface area (Å²) in [5.41, 5.74) is 0. The molecule has 0 aromatic carbocycles. The highest BCUT2D eigenvalue weighted by atomic mass is 32.2. The van der Waals surface area contributed by atoms with Gasteiger partial charge in [-0.05, 0) is 38.3 Å². The molecule has 5 heteroatoms. The molecule has 18 heavy (non-hydrogen) atoms. The summed E-state index contributed by atoms with van der Waals surface area (Å²) >= 11 is 0. The van der Waals surface area contributed by atoms with Crippen LogP contribution in [0.3, 0.4) is 0 Å². The molecule has 1 fully saturated rings. The molecule has 0 unspecified atom stereocenters. The van der Waals surface area contributed by atoms with Gasteiger partial charge < -0.3 is 5.32 Å². The number of piperidine rings is 1. The maximum atomic E-state index is 12.3. The van der Waals surface area contributed by atoms with Crippen LogP contribution < -0.4 is 5.32 Å². The summed E-state index contributed by atoms with van der Waals surface area (Å²) in [7, 11) is -1.08. The molecule has 0 atom stereocenters. The largest absolute Gasteiger partial charge is 0.319 e. The lowest BCUT2D eigenvalue weighted by atomic mass is 9.98. The number of nitrogens with one attached hydrogen (secondary N) is 1. The molecule has 1 saturated heterocycles. The van der Waals surface area contributed by atoms with Gasteiger partial charge in [0.2, 0.25) is 10.0 Å². The van der Waals surface area contributed by atoms with Crippen molar-refractivity contribution in [1.82, 2.24) is 9.62 Å². The Kier molecular flexibility index (Phi) is 6.60. The van der Waals surface area contributed by atoms with Gasteiger partial charge >= 0.3 is 0 Å². The Morgan fingerprint density at radius 2 is 1.78 bits per heavy atom. The predicted molar refractivity (Wildman–Crippen MR) is 76.1 cm³/mol. The third kappa shape index (κ3) is 4.52. The van der Waals surface area contributed by atoms with E-state index in [1.807, 2.05) is 7.05 Å². The highest BCUT2D eigenvalue weighted by Crippen LogP contribution is 2.21. The van der Waals surface area contributed by atoms with E-state index in [1.54, 1.807) is 4.31 Å². The van der Waals surface area contributed by atoms with E-state index < -0.39 is 10.0 Å². The van der Waals surface area contributed by atoms with Crippen LogP contribution in [0.5, 0.6) is 0 Å². The maximum absolute atomic E-state index is 12.3. The Morgan fingerprint density at radius 3 is 2.22 bits per heavy atom. The number of nitrogens with zero attached hydrogens (tertiary/aromatic N) is 1. The fourth-order valence-corrected chi connectivity index (χ4v) is 4.65. The van der Waals surface area contributed by atoms with Crippen molar-refractivity contribution in [3.05, 3.63) is 0 Å². The Morgan fingerprint density at radius 1 is 1.22 bits per heavy atom. The van der Waals surface area contributed by atoms with Gasteiger partial charge in [0, 0.05) is 13.1 Å². The Labute approximate surface area is 112 Å². The van der Waals surface area contributed by atoms with Crippen molar-refractivity contribution in [3.63, 3.8) is 0 Å². The van der Waals surface area contributed by atoms with Gasteiger partial charge in [0.25, 0.3) is 0 Å². The van der Waals surface area contributed by atoms with Crippen LogP contribution in [-0.2, 0) is 10.0 Å². The second-order valence-electron chi connectivity index (χ2n) is 5.36. The van der Waals surface area contributed by atoms with Crippen molar-refractivity contribution in [2.45, 2.75) is 39.5 Å². The molecule has 0 bridgehead atoms. The zero-order chi connectivity index (χ0) is 13.6. The van der Waals surface area contributed by atoms with Gasteiger partial charge in [-0.1, -0.05) is 26.7 Å². The highest BCUT2D eigenvalue weighted by molar-refractivity contribution is 7.89. The molecule has 4 nitrogen and oxygen atoms in total. The number of hydrogen-bond donors (Lipinski definition) is 1. The first-order chi connectivity index (χ1) is 8.53. The number of hydrogen-bond acceptors (Lipinski definition) is 3. The van der Waals surface area contributed by atoms with Gasteiger partial charge in [-0.15, -0.1) is 0 Å². The fraction of sp³-hybridized carbons (Fsp3) is 1.00. The summed E-state index contributed by atoms with van der Waals surface area (Å²) < 4.78 is 26.3. The molecular weight excluding hydrogens is 248 g/mol. The Bertz CT molecular complexity index is 318.